The Morgan fingerprint density at radius 2 is 1.84 bits per heavy atom. The first-order valence-electron chi connectivity index (χ1n) is 6.51. The van der Waals surface area contributed by atoms with Gasteiger partial charge in [0.25, 0.3) is 5.56 Å². The van der Waals surface area contributed by atoms with E-state index >= 15 is 0 Å². The molecule has 0 radical (unpaired) electrons. The summed E-state index contributed by atoms with van der Waals surface area (Å²) in [5, 5.41) is 3.21. The summed E-state index contributed by atoms with van der Waals surface area (Å²) < 4.78 is 1.84. The van der Waals surface area contributed by atoms with E-state index < -0.39 is 0 Å². The number of hydrogen-bond donors (Lipinski definition) is 1. The number of aromatic nitrogens is 1. The molecule has 3 nitrogen and oxygen atoms in total. The molecule has 0 aliphatic carbocycles. The van der Waals surface area contributed by atoms with Gasteiger partial charge in [0, 0.05) is 6.54 Å². The molecule has 0 fully saturated rings. The van der Waals surface area contributed by atoms with Crippen LogP contribution in [0.1, 0.15) is 27.7 Å². The predicted molar refractivity (Wildman–Crippen MR) is 83.2 cm³/mol. The molecule has 0 spiro atoms. The largest absolute Gasteiger partial charge is 0.380 e. The second-order valence-corrected chi connectivity index (χ2v) is 6.42. The minimum Gasteiger partial charge on any atom is -0.380 e. The van der Waals surface area contributed by atoms with Crippen LogP contribution in [0.4, 0.5) is 5.69 Å². The van der Waals surface area contributed by atoms with Crippen molar-refractivity contribution < 1.29 is 0 Å². The highest BCUT2D eigenvalue weighted by molar-refractivity contribution is 7.11. The van der Waals surface area contributed by atoms with Gasteiger partial charge in [-0.25, -0.2) is 0 Å². The lowest BCUT2D eigenvalue weighted by atomic mass is 10.1. The molecule has 4 heteroatoms. The zero-order valence-corrected chi connectivity index (χ0v) is 12.7. The lowest BCUT2D eigenvalue weighted by molar-refractivity contribution is 0.419. The molecule has 0 unspecified atom stereocenters. The average molecular weight is 276 g/mol. The Hall–Kier alpha value is -1.55. The lowest BCUT2D eigenvalue weighted by Crippen LogP contribution is -2.30. The van der Waals surface area contributed by atoms with Crippen molar-refractivity contribution in [2.75, 3.05) is 11.9 Å². The van der Waals surface area contributed by atoms with Gasteiger partial charge in [-0.15, -0.1) is 0 Å². The first-order chi connectivity index (χ1) is 8.95. The Labute approximate surface area is 118 Å². The molecule has 2 rings (SSSR count). The van der Waals surface area contributed by atoms with E-state index in [4.69, 9.17) is 0 Å². The second kappa shape index (κ2) is 5.21. The Morgan fingerprint density at radius 1 is 1.21 bits per heavy atom. The molecule has 0 saturated carbocycles. The van der Waals surface area contributed by atoms with Crippen LogP contribution in [0, 0.1) is 0 Å². The fourth-order valence-corrected chi connectivity index (χ4v) is 3.06. The van der Waals surface area contributed by atoms with Gasteiger partial charge < -0.3 is 5.32 Å². The Kier molecular flexibility index (Phi) is 3.80. The molecule has 2 aromatic rings. The molecule has 102 valence electrons. The summed E-state index contributed by atoms with van der Waals surface area (Å²) in [4.78, 5) is 13.5. The normalized spacial score (nSPS) is 11.6. The van der Waals surface area contributed by atoms with Crippen molar-refractivity contribution in [3.63, 3.8) is 0 Å². The van der Waals surface area contributed by atoms with Crippen molar-refractivity contribution in [3.8, 4) is 10.4 Å². The summed E-state index contributed by atoms with van der Waals surface area (Å²) in [6, 6.07) is 10.1. The van der Waals surface area contributed by atoms with Gasteiger partial charge in [-0.1, -0.05) is 41.9 Å². The molecule has 1 N–H and O–H groups in total. The molecular weight excluding hydrogens is 256 g/mol. The maximum Gasteiger partial charge on any atom is 0.285 e. The lowest BCUT2D eigenvalue weighted by Gasteiger charge is -2.18. The first-order valence-corrected chi connectivity index (χ1v) is 7.28. The van der Waals surface area contributed by atoms with Crippen LogP contribution in [0.3, 0.4) is 0 Å². The van der Waals surface area contributed by atoms with E-state index in [0.29, 0.717) is 5.69 Å². The molecule has 0 aliphatic heterocycles. The van der Waals surface area contributed by atoms with E-state index in [-0.39, 0.29) is 11.1 Å². The van der Waals surface area contributed by atoms with Crippen molar-refractivity contribution in [1.29, 1.82) is 0 Å². The van der Waals surface area contributed by atoms with Crippen molar-refractivity contribution in [3.05, 3.63) is 40.7 Å². The SMILES string of the molecule is CCNc1c(-c2ccccc2)sn(C(C)(C)C)c1=O. The minimum absolute atomic E-state index is 0.0678. The smallest absolute Gasteiger partial charge is 0.285 e. The van der Waals surface area contributed by atoms with E-state index in [1.807, 2.05) is 41.2 Å². The van der Waals surface area contributed by atoms with Crippen LogP contribution < -0.4 is 10.9 Å². The fourth-order valence-electron chi connectivity index (χ4n) is 1.94. The van der Waals surface area contributed by atoms with E-state index in [0.717, 1.165) is 17.0 Å². The van der Waals surface area contributed by atoms with Crippen LogP contribution in [0.15, 0.2) is 35.1 Å². The Bertz CT molecular complexity index is 605. The van der Waals surface area contributed by atoms with Crippen LogP contribution in [0.2, 0.25) is 0 Å². The van der Waals surface area contributed by atoms with Gasteiger partial charge in [-0.05, 0) is 33.3 Å². The summed E-state index contributed by atoms with van der Waals surface area (Å²) in [6.07, 6.45) is 0. The van der Waals surface area contributed by atoms with E-state index in [9.17, 15) is 4.79 Å². The highest BCUT2D eigenvalue weighted by Crippen LogP contribution is 2.32. The zero-order chi connectivity index (χ0) is 14.0. The summed E-state index contributed by atoms with van der Waals surface area (Å²) in [7, 11) is 0. The van der Waals surface area contributed by atoms with E-state index in [1.54, 1.807) is 0 Å². The Balaban J connectivity index is 2.64. The predicted octanol–water partition coefficient (Wildman–Crippen LogP) is 3.76. The van der Waals surface area contributed by atoms with Crippen LogP contribution in [0.5, 0.6) is 0 Å². The van der Waals surface area contributed by atoms with Crippen LogP contribution in [0.25, 0.3) is 10.4 Å². The van der Waals surface area contributed by atoms with Crippen LogP contribution >= 0.6 is 11.5 Å². The molecule has 0 aliphatic rings. The molecule has 1 aromatic heterocycles. The summed E-state index contributed by atoms with van der Waals surface area (Å²) in [5.74, 6) is 0. The molecule has 19 heavy (non-hydrogen) atoms. The maximum absolute atomic E-state index is 12.5. The number of hydrogen-bond acceptors (Lipinski definition) is 3. The van der Waals surface area contributed by atoms with Crippen molar-refractivity contribution in [2.45, 2.75) is 33.2 Å². The van der Waals surface area contributed by atoms with Gasteiger partial charge in [0.05, 0.1) is 10.4 Å². The highest BCUT2D eigenvalue weighted by Gasteiger charge is 2.23. The monoisotopic (exact) mass is 276 g/mol. The number of anilines is 1. The zero-order valence-electron chi connectivity index (χ0n) is 11.9. The third-order valence-electron chi connectivity index (χ3n) is 2.81. The first kappa shape index (κ1) is 13.9. The van der Waals surface area contributed by atoms with Gasteiger partial charge in [0.15, 0.2) is 0 Å². The van der Waals surface area contributed by atoms with E-state index in [2.05, 4.69) is 26.1 Å². The fraction of sp³-hybridized carbons (Fsp3) is 0.400. The minimum atomic E-state index is -0.195. The van der Waals surface area contributed by atoms with Gasteiger partial charge in [0.2, 0.25) is 0 Å². The molecule has 1 aromatic carbocycles. The van der Waals surface area contributed by atoms with Crippen molar-refractivity contribution >= 4 is 17.2 Å². The second-order valence-electron chi connectivity index (χ2n) is 5.46. The number of benzene rings is 1. The number of nitrogens with one attached hydrogen (secondary N) is 1. The van der Waals surface area contributed by atoms with Crippen molar-refractivity contribution in [2.24, 2.45) is 0 Å². The number of nitrogens with zero attached hydrogens (tertiary/aromatic N) is 1. The Morgan fingerprint density at radius 3 is 2.37 bits per heavy atom. The van der Waals surface area contributed by atoms with Gasteiger partial charge >= 0.3 is 0 Å². The van der Waals surface area contributed by atoms with Crippen LogP contribution in [-0.2, 0) is 5.54 Å². The van der Waals surface area contributed by atoms with Gasteiger partial charge in [-0.3, -0.25) is 8.75 Å². The molecule has 1 heterocycles. The summed E-state index contributed by atoms with van der Waals surface area (Å²) in [6.45, 7) is 8.91. The average Bonchev–Trinajstić information content (AvgIpc) is 2.69. The molecule has 0 saturated heterocycles. The molecule has 0 amide bonds. The van der Waals surface area contributed by atoms with Gasteiger partial charge in [0.1, 0.15) is 5.69 Å². The van der Waals surface area contributed by atoms with Crippen LogP contribution in [-0.4, -0.2) is 10.5 Å². The molecular formula is C15H20N2OS. The summed E-state index contributed by atoms with van der Waals surface area (Å²) in [5.41, 5.74) is 1.68. The third-order valence-corrected chi connectivity index (χ3v) is 4.33. The third kappa shape index (κ3) is 2.73. The standard InChI is InChI=1S/C15H20N2OS/c1-5-16-12-13(11-9-7-6-8-10-11)19-17(14(12)18)15(2,3)4/h6-10,16H,5H2,1-4H3. The summed E-state index contributed by atoms with van der Waals surface area (Å²) >= 11 is 1.53. The van der Waals surface area contributed by atoms with Gasteiger partial charge in [-0.2, -0.15) is 0 Å². The number of rotatable bonds is 3. The quantitative estimate of drug-likeness (QED) is 0.926. The van der Waals surface area contributed by atoms with Crippen molar-refractivity contribution in [1.82, 2.24) is 3.96 Å². The topological polar surface area (TPSA) is 34.0 Å². The molecule has 0 bridgehead atoms. The molecule has 0 atom stereocenters. The maximum atomic E-state index is 12.5. The van der Waals surface area contributed by atoms with E-state index in [1.165, 1.54) is 11.5 Å². The highest BCUT2D eigenvalue weighted by atomic mass is 32.1.